The Hall–Kier alpha value is -2.07. The van der Waals surface area contributed by atoms with Crippen molar-refractivity contribution in [3.05, 3.63) is 53.8 Å². The molecule has 0 aliphatic carbocycles. The van der Waals surface area contributed by atoms with E-state index in [1.165, 1.54) is 12.1 Å². The van der Waals surface area contributed by atoms with Crippen LogP contribution in [0.3, 0.4) is 0 Å². The third-order valence-electron chi connectivity index (χ3n) is 5.45. The molecule has 2 aromatic carbocycles. The second kappa shape index (κ2) is 12.1. The van der Waals surface area contributed by atoms with Crippen LogP contribution in [0.4, 0.5) is 10.1 Å². The number of aliphatic imine (C=N–C) groups is 1. The Labute approximate surface area is 200 Å². The molecule has 0 saturated carbocycles. The molecule has 1 heterocycles. The molecule has 31 heavy (non-hydrogen) atoms. The molecule has 1 fully saturated rings. The van der Waals surface area contributed by atoms with Crippen LogP contribution in [0.15, 0.2) is 47.5 Å². The molecule has 8 heteroatoms. The molecule has 6 nitrogen and oxygen atoms in total. The minimum Gasteiger partial charge on any atom is -0.493 e. The van der Waals surface area contributed by atoms with Crippen LogP contribution in [0.1, 0.15) is 25.3 Å². The van der Waals surface area contributed by atoms with Gasteiger partial charge in [0.2, 0.25) is 0 Å². The minimum atomic E-state index is -0.226. The van der Waals surface area contributed by atoms with E-state index in [1.54, 1.807) is 14.2 Å². The molecule has 170 valence electrons. The second-order valence-electron chi connectivity index (χ2n) is 7.25. The molecule has 0 amide bonds. The maximum atomic E-state index is 13.4. The largest absolute Gasteiger partial charge is 0.493 e. The third-order valence-corrected chi connectivity index (χ3v) is 5.45. The fourth-order valence-electron chi connectivity index (χ4n) is 3.72. The van der Waals surface area contributed by atoms with E-state index in [9.17, 15) is 4.39 Å². The molecule has 1 saturated heterocycles. The lowest BCUT2D eigenvalue weighted by Crippen LogP contribution is -2.46. The van der Waals surface area contributed by atoms with E-state index in [4.69, 9.17) is 14.2 Å². The van der Waals surface area contributed by atoms with Crippen LogP contribution in [-0.2, 0) is 10.2 Å². The van der Waals surface area contributed by atoms with E-state index >= 15 is 0 Å². The van der Waals surface area contributed by atoms with E-state index in [1.807, 2.05) is 37.3 Å². The summed E-state index contributed by atoms with van der Waals surface area (Å²) in [5.74, 6) is 1.78. The van der Waals surface area contributed by atoms with Gasteiger partial charge in [-0.15, -0.1) is 24.0 Å². The van der Waals surface area contributed by atoms with Crippen molar-refractivity contribution < 1.29 is 18.6 Å². The van der Waals surface area contributed by atoms with E-state index in [2.05, 4.69) is 15.6 Å². The summed E-state index contributed by atoms with van der Waals surface area (Å²) in [6.45, 7) is 4.51. The highest BCUT2D eigenvalue weighted by Crippen LogP contribution is 2.34. The van der Waals surface area contributed by atoms with Crippen LogP contribution in [0.5, 0.6) is 11.5 Å². The van der Waals surface area contributed by atoms with Crippen LogP contribution < -0.4 is 20.1 Å². The van der Waals surface area contributed by atoms with Crippen LogP contribution in [0.2, 0.25) is 0 Å². The highest BCUT2D eigenvalue weighted by atomic mass is 127. The van der Waals surface area contributed by atoms with Crippen LogP contribution in [-0.4, -0.2) is 46.5 Å². The number of nitrogens with one attached hydrogen (secondary N) is 2. The van der Waals surface area contributed by atoms with Crippen LogP contribution in [0.25, 0.3) is 0 Å². The number of anilines is 1. The zero-order valence-electron chi connectivity index (χ0n) is 18.2. The average molecular weight is 543 g/mol. The summed E-state index contributed by atoms with van der Waals surface area (Å²) in [4.78, 5) is 4.36. The van der Waals surface area contributed by atoms with Gasteiger partial charge in [0.1, 0.15) is 5.82 Å². The molecular weight excluding hydrogens is 512 g/mol. The number of halogens is 2. The zero-order chi connectivity index (χ0) is 21.4. The Morgan fingerprint density at radius 1 is 1.13 bits per heavy atom. The lowest BCUT2D eigenvalue weighted by Gasteiger charge is -2.38. The van der Waals surface area contributed by atoms with Crippen molar-refractivity contribution in [3.8, 4) is 11.5 Å². The Morgan fingerprint density at radius 3 is 2.45 bits per heavy atom. The molecule has 2 aromatic rings. The number of ether oxygens (including phenoxy) is 3. The average Bonchev–Trinajstić information content (AvgIpc) is 2.78. The summed E-state index contributed by atoms with van der Waals surface area (Å²) in [6, 6.07) is 12.4. The van der Waals surface area contributed by atoms with Gasteiger partial charge in [-0.3, -0.25) is 4.99 Å². The molecule has 0 aromatic heterocycles. The topological polar surface area (TPSA) is 64.1 Å². The van der Waals surface area contributed by atoms with Gasteiger partial charge in [0.25, 0.3) is 0 Å². The first kappa shape index (κ1) is 25.2. The molecule has 0 bridgehead atoms. The van der Waals surface area contributed by atoms with Crippen LogP contribution >= 0.6 is 24.0 Å². The van der Waals surface area contributed by atoms with E-state index in [-0.39, 0.29) is 35.2 Å². The lowest BCUT2D eigenvalue weighted by atomic mass is 9.74. The summed E-state index contributed by atoms with van der Waals surface area (Å²) in [5, 5.41) is 6.75. The Balaban J connectivity index is 0.00000341. The van der Waals surface area contributed by atoms with Gasteiger partial charge in [-0.25, -0.2) is 4.39 Å². The van der Waals surface area contributed by atoms with Crippen molar-refractivity contribution in [2.45, 2.75) is 25.2 Å². The van der Waals surface area contributed by atoms with Gasteiger partial charge < -0.3 is 24.8 Å². The summed E-state index contributed by atoms with van der Waals surface area (Å²) < 4.78 is 30.0. The molecule has 3 rings (SSSR count). The Morgan fingerprint density at radius 2 is 1.84 bits per heavy atom. The van der Waals surface area contributed by atoms with Crippen molar-refractivity contribution in [3.63, 3.8) is 0 Å². The monoisotopic (exact) mass is 543 g/mol. The maximum Gasteiger partial charge on any atom is 0.195 e. The SMILES string of the molecule is CCOc1cc(NC(=NC)NCC2(c3ccc(F)cc3)CCOCC2)ccc1OC.I. The highest BCUT2D eigenvalue weighted by Gasteiger charge is 2.34. The second-order valence-corrected chi connectivity index (χ2v) is 7.25. The Bertz CT molecular complexity index is 856. The van der Waals surface area contributed by atoms with E-state index in [0.29, 0.717) is 43.8 Å². The summed E-state index contributed by atoms with van der Waals surface area (Å²) in [6.07, 6.45) is 1.72. The van der Waals surface area contributed by atoms with E-state index < -0.39 is 0 Å². The molecule has 2 N–H and O–H groups in total. The van der Waals surface area contributed by atoms with Gasteiger partial charge in [-0.2, -0.15) is 0 Å². The molecule has 1 aliphatic heterocycles. The first-order valence-electron chi connectivity index (χ1n) is 10.2. The fourth-order valence-corrected chi connectivity index (χ4v) is 3.72. The number of benzene rings is 2. The highest BCUT2D eigenvalue weighted by molar-refractivity contribution is 14.0. The van der Waals surface area contributed by atoms with Crippen molar-refractivity contribution in [2.75, 3.05) is 45.8 Å². The number of guanidine groups is 1. The Kier molecular flexibility index (Phi) is 9.83. The van der Waals surface area contributed by atoms with E-state index in [0.717, 1.165) is 24.1 Å². The predicted molar refractivity (Wildman–Crippen MR) is 133 cm³/mol. The van der Waals surface area contributed by atoms with Gasteiger partial charge in [0.15, 0.2) is 17.5 Å². The molecule has 1 aliphatic rings. The predicted octanol–water partition coefficient (Wildman–Crippen LogP) is 4.59. The van der Waals surface area contributed by atoms with Gasteiger partial charge in [-0.05, 0) is 49.6 Å². The summed E-state index contributed by atoms with van der Waals surface area (Å²) in [5.41, 5.74) is 1.81. The van der Waals surface area contributed by atoms with Crippen molar-refractivity contribution in [2.24, 2.45) is 4.99 Å². The number of rotatable bonds is 7. The first-order valence-corrected chi connectivity index (χ1v) is 10.2. The zero-order valence-corrected chi connectivity index (χ0v) is 20.6. The number of nitrogens with zero attached hydrogens (tertiary/aromatic N) is 1. The molecular formula is C23H31FIN3O3. The lowest BCUT2D eigenvalue weighted by molar-refractivity contribution is 0.0514. The standard InChI is InChI=1S/C23H30FN3O3.HI/c1-4-30-21-15-19(9-10-20(21)28-3)27-22(25-2)26-16-23(11-13-29-14-12-23)17-5-7-18(24)8-6-17;/h5-10,15H,4,11-14,16H2,1-3H3,(H2,25,26,27);1H. The molecule has 0 unspecified atom stereocenters. The maximum absolute atomic E-state index is 13.4. The normalized spacial score (nSPS) is 15.5. The quantitative estimate of drug-likeness (QED) is 0.304. The van der Waals surface area contributed by atoms with Crippen molar-refractivity contribution in [1.82, 2.24) is 5.32 Å². The van der Waals surface area contributed by atoms with Gasteiger partial charge in [0.05, 0.1) is 13.7 Å². The first-order chi connectivity index (χ1) is 14.6. The van der Waals surface area contributed by atoms with Crippen LogP contribution in [0, 0.1) is 5.82 Å². The smallest absolute Gasteiger partial charge is 0.195 e. The number of hydrogen-bond acceptors (Lipinski definition) is 4. The fraction of sp³-hybridized carbons (Fsp3) is 0.435. The van der Waals surface area contributed by atoms with Crippen molar-refractivity contribution >= 4 is 35.6 Å². The third kappa shape index (κ3) is 6.46. The number of hydrogen-bond donors (Lipinski definition) is 2. The van der Waals surface area contributed by atoms with Crippen molar-refractivity contribution in [1.29, 1.82) is 0 Å². The van der Waals surface area contributed by atoms with Gasteiger partial charge in [0, 0.05) is 44.0 Å². The summed E-state index contributed by atoms with van der Waals surface area (Å²) >= 11 is 0. The minimum absolute atomic E-state index is 0. The summed E-state index contributed by atoms with van der Waals surface area (Å²) in [7, 11) is 3.35. The molecule has 0 atom stereocenters. The van der Waals surface area contributed by atoms with Gasteiger partial charge in [-0.1, -0.05) is 12.1 Å². The molecule has 0 spiro atoms. The number of methoxy groups -OCH3 is 1. The van der Waals surface area contributed by atoms with Gasteiger partial charge >= 0.3 is 0 Å². The molecule has 0 radical (unpaired) electrons.